The molecule has 1 aromatic heterocycles. The number of methoxy groups -OCH3 is 1. The summed E-state index contributed by atoms with van der Waals surface area (Å²) in [5, 5.41) is 12.8. The van der Waals surface area contributed by atoms with E-state index in [-0.39, 0.29) is 11.7 Å². The maximum Gasteiger partial charge on any atom is 0.257 e. The highest BCUT2D eigenvalue weighted by Crippen LogP contribution is 2.39. The fourth-order valence-corrected chi connectivity index (χ4v) is 2.63. The van der Waals surface area contributed by atoms with Gasteiger partial charge in [-0.15, -0.1) is 0 Å². The van der Waals surface area contributed by atoms with E-state index < -0.39 is 0 Å². The van der Waals surface area contributed by atoms with Crippen molar-refractivity contribution in [2.45, 2.75) is 13.8 Å². The van der Waals surface area contributed by atoms with Crippen molar-refractivity contribution < 1.29 is 14.6 Å². The van der Waals surface area contributed by atoms with Crippen molar-refractivity contribution in [1.29, 1.82) is 0 Å². The number of ether oxygens (including phenoxy) is 1. The number of anilines is 1. The largest absolute Gasteiger partial charge is 0.506 e. The van der Waals surface area contributed by atoms with Gasteiger partial charge in [0.2, 0.25) is 0 Å². The molecule has 1 aliphatic heterocycles. The van der Waals surface area contributed by atoms with Gasteiger partial charge < -0.3 is 15.2 Å². The first-order valence-corrected chi connectivity index (χ1v) is 6.89. The van der Waals surface area contributed by atoms with Crippen molar-refractivity contribution in [2.75, 3.05) is 12.4 Å². The van der Waals surface area contributed by atoms with Crippen LogP contribution in [0, 0.1) is 13.8 Å². The Hall–Kier alpha value is -2.82. The number of hydrogen-bond acceptors (Lipinski definition) is 4. The van der Waals surface area contributed by atoms with E-state index >= 15 is 0 Å². The topological polar surface area (TPSA) is 71.5 Å². The highest BCUT2D eigenvalue weighted by molar-refractivity contribution is 6.35. The van der Waals surface area contributed by atoms with Crippen LogP contribution >= 0.6 is 0 Å². The average Bonchev–Trinajstić information content (AvgIpc) is 2.81. The molecular formula is C17H16N2O3. The Kier molecular flexibility index (Phi) is 3.33. The lowest BCUT2D eigenvalue weighted by Gasteiger charge is -2.09. The highest BCUT2D eigenvalue weighted by atomic mass is 16.5. The fourth-order valence-electron chi connectivity index (χ4n) is 2.63. The standard InChI is InChI=1S/C17H16N2O3/c1-9-14-12(8-11-6-4-5-7-13(11)22-3)17(21)19-16(14)18-10(2)15(9)20/h4-8,20H,1-3H3,(H,18,19,21). The van der Waals surface area contributed by atoms with Gasteiger partial charge in [-0.3, -0.25) is 4.79 Å². The summed E-state index contributed by atoms with van der Waals surface area (Å²) in [7, 11) is 1.59. The number of amides is 1. The molecule has 0 spiro atoms. The van der Waals surface area contributed by atoms with Crippen LogP contribution in [0.3, 0.4) is 0 Å². The summed E-state index contributed by atoms with van der Waals surface area (Å²) < 4.78 is 5.31. The van der Waals surface area contributed by atoms with Gasteiger partial charge in [-0.2, -0.15) is 0 Å². The maximum atomic E-state index is 12.3. The van der Waals surface area contributed by atoms with Crippen molar-refractivity contribution in [3.05, 3.63) is 46.6 Å². The number of aryl methyl sites for hydroxylation is 1. The van der Waals surface area contributed by atoms with Crippen molar-refractivity contribution >= 4 is 23.4 Å². The third kappa shape index (κ3) is 2.11. The van der Waals surface area contributed by atoms with E-state index in [9.17, 15) is 9.90 Å². The summed E-state index contributed by atoms with van der Waals surface area (Å²) in [6, 6.07) is 7.44. The normalized spacial score (nSPS) is 14.9. The Morgan fingerprint density at radius 1 is 1.27 bits per heavy atom. The number of carbonyl (C=O) groups excluding carboxylic acids is 1. The number of nitrogens with one attached hydrogen (secondary N) is 1. The number of carbonyl (C=O) groups is 1. The molecule has 2 N–H and O–H groups in total. The van der Waals surface area contributed by atoms with Crippen LogP contribution in [0.4, 0.5) is 5.82 Å². The molecule has 0 atom stereocenters. The Balaban J connectivity index is 2.21. The molecule has 1 amide bonds. The zero-order chi connectivity index (χ0) is 15.9. The maximum absolute atomic E-state index is 12.3. The molecule has 2 heterocycles. The second-order valence-electron chi connectivity index (χ2n) is 5.15. The molecule has 0 bridgehead atoms. The van der Waals surface area contributed by atoms with E-state index in [1.165, 1.54) is 0 Å². The first kappa shape index (κ1) is 14.1. The number of hydrogen-bond donors (Lipinski definition) is 2. The number of aromatic hydroxyl groups is 1. The van der Waals surface area contributed by atoms with E-state index in [0.29, 0.717) is 34.0 Å². The van der Waals surface area contributed by atoms with E-state index in [1.54, 1.807) is 27.0 Å². The Bertz CT molecular complexity index is 810. The average molecular weight is 296 g/mol. The van der Waals surface area contributed by atoms with Crippen molar-refractivity contribution in [3.8, 4) is 11.5 Å². The lowest BCUT2D eigenvalue weighted by Crippen LogP contribution is -2.04. The molecule has 0 saturated carbocycles. The second kappa shape index (κ2) is 5.18. The van der Waals surface area contributed by atoms with Crippen molar-refractivity contribution in [1.82, 2.24) is 4.98 Å². The van der Waals surface area contributed by atoms with Gasteiger partial charge in [-0.05, 0) is 26.0 Å². The molecule has 0 unspecified atom stereocenters. The van der Waals surface area contributed by atoms with Gasteiger partial charge in [0.05, 0.1) is 18.4 Å². The molecule has 112 valence electrons. The summed E-state index contributed by atoms with van der Waals surface area (Å²) in [5.41, 5.74) is 3.04. The highest BCUT2D eigenvalue weighted by Gasteiger charge is 2.29. The van der Waals surface area contributed by atoms with Gasteiger partial charge in [0, 0.05) is 16.7 Å². The number of benzene rings is 1. The number of para-hydroxylation sites is 1. The van der Waals surface area contributed by atoms with Gasteiger partial charge in [0.25, 0.3) is 5.91 Å². The lowest BCUT2D eigenvalue weighted by atomic mass is 10.00. The van der Waals surface area contributed by atoms with Crippen LogP contribution in [0.1, 0.15) is 22.4 Å². The molecule has 2 aromatic rings. The summed E-state index contributed by atoms with van der Waals surface area (Å²) in [6.45, 7) is 3.48. The minimum atomic E-state index is -0.235. The fraction of sp³-hybridized carbons (Fsp3) is 0.176. The smallest absolute Gasteiger partial charge is 0.257 e. The molecule has 0 radical (unpaired) electrons. The van der Waals surface area contributed by atoms with E-state index in [2.05, 4.69) is 10.3 Å². The van der Waals surface area contributed by atoms with Gasteiger partial charge in [-0.25, -0.2) is 4.98 Å². The molecule has 0 fully saturated rings. The quantitative estimate of drug-likeness (QED) is 0.836. The van der Waals surface area contributed by atoms with Crippen LogP contribution in [-0.4, -0.2) is 23.1 Å². The first-order chi connectivity index (χ1) is 10.5. The Labute approximate surface area is 128 Å². The third-order valence-electron chi connectivity index (χ3n) is 3.77. The molecule has 0 saturated heterocycles. The summed E-state index contributed by atoms with van der Waals surface area (Å²) in [4.78, 5) is 16.5. The molecule has 22 heavy (non-hydrogen) atoms. The summed E-state index contributed by atoms with van der Waals surface area (Å²) >= 11 is 0. The molecule has 0 aliphatic carbocycles. The molecule has 3 rings (SSSR count). The summed E-state index contributed by atoms with van der Waals surface area (Å²) in [5.74, 6) is 1.04. The number of nitrogens with zero attached hydrogens (tertiary/aromatic N) is 1. The molecule has 5 heteroatoms. The van der Waals surface area contributed by atoms with Gasteiger partial charge in [0.15, 0.2) is 0 Å². The number of aromatic nitrogens is 1. The van der Waals surface area contributed by atoms with Crippen molar-refractivity contribution in [2.24, 2.45) is 0 Å². The minimum absolute atomic E-state index is 0.112. The Morgan fingerprint density at radius 2 is 2.00 bits per heavy atom. The molecule has 1 aromatic carbocycles. The zero-order valence-electron chi connectivity index (χ0n) is 12.6. The van der Waals surface area contributed by atoms with Crippen molar-refractivity contribution in [3.63, 3.8) is 0 Å². The van der Waals surface area contributed by atoms with Crippen LogP contribution in [0.2, 0.25) is 0 Å². The zero-order valence-corrected chi connectivity index (χ0v) is 12.6. The van der Waals surface area contributed by atoms with Crippen LogP contribution in [0.15, 0.2) is 24.3 Å². The number of pyridine rings is 1. The van der Waals surface area contributed by atoms with Crippen LogP contribution < -0.4 is 10.1 Å². The monoisotopic (exact) mass is 296 g/mol. The SMILES string of the molecule is COc1ccccc1C=C1C(=O)Nc2nc(C)c(O)c(C)c21. The number of fused-ring (bicyclic) bond motifs is 1. The van der Waals surface area contributed by atoms with Gasteiger partial charge in [-0.1, -0.05) is 18.2 Å². The van der Waals surface area contributed by atoms with Crippen LogP contribution in [0.5, 0.6) is 11.5 Å². The van der Waals surface area contributed by atoms with Gasteiger partial charge >= 0.3 is 0 Å². The second-order valence-corrected chi connectivity index (χ2v) is 5.15. The van der Waals surface area contributed by atoms with Crippen LogP contribution in [-0.2, 0) is 4.79 Å². The predicted molar refractivity (Wildman–Crippen MR) is 84.9 cm³/mol. The lowest BCUT2D eigenvalue weighted by molar-refractivity contribution is -0.110. The molecule has 1 aliphatic rings. The summed E-state index contributed by atoms with van der Waals surface area (Å²) in [6.07, 6.45) is 1.75. The molecular weight excluding hydrogens is 280 g/mol. The van der Waals surface area contributed by atoms with E-state index in [0.717, 1.165) is 5.56 Å². The minimum Gasteiger partial charge on any atom is -0.506 e. The van der Waals surface area contributed by atoms with E-state index in [1.807, 2.05) is 24.3 Å². The van der Waals surface area contributed by atoms with Crippen LogP contribution in [0.25, 0.3) is 11.6 Å². The number of rotatable bonds is 2. The molecule has 5 nitrogen and oxygen atoms in total. The van der Waals surface area contributed by atoms with Gasteiger partial charge in [0.1, 0.15) is 17.3 Å². The van der Waals surface area contributed by atoms with E-state index in [4.69, 9.17) is 4.74 Å². The predicted octanol–water partition coefficient (Wildman–Crippen LogP) is 2.91. The first-order valence-electron chi connectivity index (χ1n) is 6.89. The Morgan fingerprint density at radius 3 is 2.73 bits per heavy atom. The third-order valence-corrected chi connectivity index (χ3v) is 3.77.